The Bertz CT molecular complexity index is 973. The summed E-state index contributed by atoms with van der Waals surface area (Å²) in [4.78, 5) is 20.3. The molecule has 1 amide bonds. The predicted molar refractivity (Wildman–Crippen MR) is 113 cm³/mol. The molecule has 0 aliphatic carbocycles. The predicted octanol–water partition coefficient (Wildman–Crippen LogP) is 4.93. The number of carbonyl (C=O) groups excluding carboxylic acids is 1. The number of ether oxygens (including phenoxy) is 1. The second-order valence-corrected chi connectivity index (χ2v) is 7.39. The van der Waals surface area contributed by atoms with E-state index in [1.54, 1.807) is 41.8 Å². The van der Waals surface area contributed by atoms with Crippen molar-refractivity contribution in [1.29, 1.82) is 0 Å². The maximum atomic E-state index is 14.2. The highest BCUT2D eigenvalue weighted by atomic mass is 32.1. The lowest BCUT2D eigenvalue weighted by Gasteiger charge is -2.06. The molecule has 0 aliphatic rings. The fourth-order valence-corrected chi connectivity index (χ4v) is 3.42. The molecule has 2 aromatic heterocycles. The van der Waals surface area contributed by atoms with E-state index < -0.39 is 5.82 Å². The van der Waals surface area contributed by atoms with Gasteiger partial charge in [0.05, 0.1) is 11.2 Å². The van der Waals surface area contributed by atoms with Crippen LogP contribution >= 0.6 is 11.3 Å². The van der Waals surface area contributed by atoms with E-state index in [4.69, 9.17) is 4.74 Å². The molecule has 0 radical (unpaired) electrons. The number of aryl methyl sites for hydroxylation is 2. The van der Waals surface area contributed by atoms with E-state index in [1.807, 2.05) is 12.3 Å². The summed E-state index contributed by atoms with van der Waals surface area (Å²) in [6.07, 6.45) is 8.88. The number of carbonyl (C=O) groups is 1. The first-order valence-electron chi connectivity index (χ1n) is 9.34. The maximum absolute atomic E-state index is 14.2. The highest BCUT2D eigenvalue weighted by Crippen LogP contribution is 2.24. The van der Waals surface area contributed by atoms with E-state index in [0.717, 1.165) is 30.0 Å². The van der Waals surface area contributed by atoms with E-state index in [1.165, 1.54) is 24.4 Å². The molecule has 1 aromatic carbocycles. The quantitative estimate of drug-likeness (QED) is 0.401. The topological polar surface area (TPSA) is 64.1 Å². The number of benzene rings is 1. The molecular weight excluding hydrogens is 389 g/mol. The van der Waals surface area contributed by atoms with Crippen LogP contribution in [0.3, 0.4) is 0 Å². The number of rotatable bonds is 9. The number of nitrogens with one attached hydrogen (secondary N) is 1. The van der Waals surface area contributed by atoms with Gasteiger partial charge in [0.15, 0.2) is 11.6 Å². The van der Waals surface area contributed by atoms with Gasteiger partial charge in [0.1, 0.15) is 5.75 Å². The summed E-state index contributed by atoms with van der Waals surface area (Å²) in [5, 5.41) is 6.01. The van der Waals surface area contributed by atoms with Crippen molar-refractivity contribution in [3.8, 4) is 11.5 Å². The number of aromatic nitrogens is 2. The van der Waals surface area contributed by atoms with Crippen molar-refractivity contribution < 1.29 is 13.9 Å². The SMILES string of the molecule is Cc1csc(CCCCNC(=O)/C=C/c2ccc(Oc3cccnc3)c(F)c2)n1. The van der Waals surface area contributed by atoms with Crippen molar-refractivity contribution in [2.75, 3.05) is 6.54 Å². The van der Waals surface area contributed by atoms with Crippen LogP contribution in [-0.2, 0) is 11.2 Å². The van der Waals surface area contributed by atoms with Crippen LogP contribution in [-0.4, -0.2) is 22.4 Å². The van der Waals surface area contributed by atoms with Gasteiger partial charge in [0.25, 0.3) is 0 Å². The van der Waals surface area contributed by atoms with Gasteiger partial charge in [0, 0.05) is 29.9 Å². The standard InChI is InChI=1S/C22H22FN3O2S/c1-16-15-29-22(26-16)6-2-3-12-25-21(27)10-8-17-7-9-20(19(23)13-17)28-18-5-4-11-24-14-18/h4-5,7-11,13-15H,2-3,6,12H2,1H3,(H,25,27)/b10-8+. The molecule has 7 heteroatoms. The summed E-state index contributed by atoms with van der Waals surface area (Å²) in [6.45, 7) is 2.58. The molecule has 2 heterocycles. The Balaban J connectivity index is 1.41. The Morgan fingerprint density at radius 2 is 2.21 bits per heavy atom. The molecule has 0 aliphatic heterocycles. The zero-order valence-corrected chi connectivity index (χ0v) is 16.9. The molecule has 0 saturated carbocycles. The Labute approximate surface area is 173 Å². The van der Waals surface area contributed by atoms with Crippen LogP contribution in [0.5, 0.6) is 11.5 Å². The van der Waals surface area contributed by atoms with Crippen LogP contribution < -0.4 is 10.1 Å². The Hall–Kier alpha value is -3.06. The molecule has 0 bridgehead atoms. The van der Waals surface area contributed by atoms with E-state index in [0.29, 0.717) is 17.9 Å². The van der Waals surface area contributed by atoms with Crippen molar-refractivity contribution in [2.24, 2.45) is 0 Å². The van der Waals surface area contributed by atoms with Crippen LogP contribution in [0.4, 0.5) is 4.39 Å². The van der Waals surface area contributed by atoms with Gasteiger partial charge in [-0.05, 0) is 62.1 Å². The first kappa shape index (κ1) is 20.7. The van der Waals surface area contributed by atoms with E-state index >= 15 is 0 Å². The van der Waals surface area contributed by atoms with E-state index in [9.17, 15) is 9.18 Å². The Morgan fingerprint density at radius 1 is 1.31 bits per heavy atom. The summed E-state index contributed by atoms with van der Waals surface area (Å²) < 4.78 is 19.7. The Morgan fingerprint density at radius 3 is 2.93 bits per heavy atom. The molecule has 1 N–H and O–H groups in total. The average Bonchev–Trinajstić information content (AvgIpc) is 3.14. The van der Waals surface area contributed by atoms with Crippen LogP contribution in [0.2, 0.25) is 0 Å². The molecule has 3 aromatic rings. The third-order valence-electron chi connectivity index (χ3n) is 4.03. The number of nitrogens with zero attached hydrogens (tertiary/aromatic N) is 2. The number of pyridine rings is 1. The zero-order valence-electron chi connectivity index (χ0n) is 16.1. The maximum Gasteiger partial charge on any atom is 0.243 e. The molecule has 5 nitrogen and oxygen atoms in total. The normalized spacial score (nSPS) is 11.0. The minimum absolute atomic E-state index is 0.107. The summed E-state index contributed by atoms with van der Waals surface area (Å²) in [7, 11) is 0. The van der Waals surface area contributed by atoms with Crippen molar-refractivity contribution in [3.63, 3.8) is 0 Å². The third-order valence-corrected chi connectivity index (χ3v) is 5.05. The highest BCUT2D eigenvalue weighted by Gasteiger charge is 2.06. The largest absolute Gasteiger partial charge is 0.453 e. The number of hydrogen-bond acceptors (Lipinski definition) is 5. The molecule has 150 valence electrons. The van der Waals surface area contributed by atoms with Gasteiger partial charge in [-0.25, -0.2) is 9.37 Å². The van der Waals surface area contributed by atoms with E-state index in [2.05, 4.69) is 15.3 Å². The van der Waals surface area contributed by atoms with Gasteiger partial charge < -0.3 is 10.1 Å². The van der Waals surface area contributed by atoms with Crippen LogP contribution in [0.25, 0.3) is 6.08 Å². The summed E-state index contributed by atoms with van der Waals surface area (Å²) >= 11 is 1.67. The number of halogens is 1. The summed E-state index contributed by atoms with van der Waals surface area (Å²) in [6, 6.07) is 7.95. The van der Waals surface area contributed by atoms with Crippen LogP contribution in [0.15, 0.2) is 54.2 Å². The van der Waals surface area contributed by atoms with Gasteiger partial charge in [-0.3, -0.25) is 9.78 Å². The van der Waals surface area contributed by atoms with Crippen molar-refractivity contribution in [2.45, 2.75) is 26.2 Å². The van der Waals surface area contributed by atoms with Gasteiger partial charge in [-0.15, -0.1) is 11.3 Å². The fraction of sp³-hybridized carbons (Fsp3) is 0.227. The number of hydrogen-bond donors (Lipinski definition) is 1. The summed E-state index contributed by atoms with van der Waals surface area (Å²) in [5.41, 5.74) is 1.63. The minimum Gasteiger partial charge on any atom is -0.453 e. The van der Waals surface area contributed by atoms with E-state index in [-0.39, 0.29) is 11.7 Å². The number of thiazole rings is 1. The molecular formula is C22H22FN3O2S. The lowest BCUT2D eigenvalue weighted by molar-refractivity contribution is -0.116. The number of unbranched alkanes of at least 4 members (excludes halogenated alkanes) is 1. The number of amides is 1. The van der Waals surface area contributed by atoms with Crippen LogP contribution in [0.1, 0.15) is 29.1 Å². The monoisotopic (exact) mass is 411 g/mol. The van der Waals surface area contributed by atoms with Crippen molar-refractivity contribution in [3.05, 3.63) is 76.3 Å². The van der Waals surface area contributed by atoms with Crippen molar-refractivity contribution in [1.82, 2.24) is 15.3 Å². The Kier molecular flexibility index (Phi) is 7.47. The molecule has 0 fully saturated rings. The highest BCUT2D eigenvalue weighted by molar-refractivity contribution is 7.09. The molecule has 3 rings (SSSR count). The second kappa shape index (κ2) is 10.5. The average molecular weight is 412 g/mol. The zero-order chi connectivity index (χ0) is 20.5. The molecule has 29 heavy (non-hydrogen) atoms. The molecule has 0 spiro atoms. The lowest BCUT2D eigenvalue weighted by atomic mass is 10.2. The van der Waals surface area contributed by atoms with Gasteiger partial charge in [-0.1, -0.05) is 6.07 Å². The van der Waals surface area contributed by atoms with Crippen molar-refractivity contribution >= 4 is 23.3 Å². The first-order chi connectivity index (χ1) is 14.1. The third kappa shape index (κ3) is 6.80. The fourth-order valence-electron chi connectivity index (χ4n) is 2.60. The smallest absolute Gasteiger partial charge is 0.243 e. The molecule has 0 saturated heterocycles. The molecule has 0 atom stereocenters. The second-order valence-electron chi connectivity index (χ2n) is 6.44. The summed E-state index contributed by atoms with van der Waals surface area (Å²) in [5.74, 6) is -0.144. The molecule has 0 unspecified atom stereocenters. The van der Waals surface area contributed by atoms with Gasteiger partial charge in [0.2, 0.25) is 5.91 Å². The lowest BCUT2D eigenvalue weighted by Crippen LogP contribution is -2.22. The minimum atomic E-state index is -0.506. The van der Waals surface area contributed by atoms with Crippen LogP contribution in [0, 0.1) is 12.7 Å². The van der Waals surface area contributed by atoms with Gasteiger partial charge >= 0.3 is 0 Å². The van der Waals surface area contributed by atoms with Gasteiger partial charge in [-0.2, -0.15) is 0 Å². The first-order valence-corrected chi connectivity index (χ1v) is 10.2.